The van der Waals surface area contributed by atoms with E-state index in [-0.39, 0.29) is 0 Å². The number of nitrogens with one attached hydrogen (secondary N) is 1. The number of aromatic nitrogens is 3. The van der Waals surface area contributed by atoms with E-state index >= 15 is 0 Å². The summed E-state index contributed by atoms with van der Waals surface area (Å²) in [6.45, 7) is 6.07. The number of nitrogens with zero attached hydrogens (tertiary/aromatic N) is 4. The molecule has 2 aromatic rings. The summed E-state index contributed by atoms with van der Waals surface area (Å²) in [5.74, 6) is 1.76. The first kappa shape index (κ1) is 12.2. The minimum Gasteiger partial charge on any atom is -0.338 e. The normalized spacial score (nSPS) is 15.8. The second kappa shape index (κ2) is 5.01. The molecule has 1 fully saturated rings. The average Bonchev–Trinajstić information content (AvgIpc) is 2.82. The largest absolute Gasteiger partial charge is 0.338 e. The molecule has 1 aromatic carbocycles. The van der Waals surface area contributed by atoms with Crippen molar-refractivity contribution >= 4 is 5.95 Å². The quantitative estimate of drug-likeness (QED) is 0.878. The van der Waals surface area contributed by atoms with Gasteiger partial charge in [0.1, 0.15) is 0 Å². The molecule has 2 heterocycles. The van der Waals surface area contributed by atoms with Gasteiger partial charge < -0.3 is 10.2 Å². The molecule has 0 bridgehead atoms. The lowest BCUT2D eigenvalue weighted by molar-refractivity contribution is 0.568. The number of piperazine rings is 1. The fourth-order valence-corrected chi connectivity index (χ4v) is 2.42. The Morgan fingerprint density at radius 3 is 2.74 bits per heavy atom. The minimum atomic E-state index is 0.805. The van der Waals surface area contributed by atoms with Gasteiger partial charge in [0.2, 0.25) is 5.95 Å². The summed E-state index contributed by atoms with van der Waals surface area (Å²) in [5, 5.41) is 7.89. The molecule has 0 saturated carbocycles. The van der Waals surface area contributed by atoms with Crippen molar-refractivity contribution in [1.82, 2.24) is 20.1 Å². The van der Waals surface area contributed by atoms with E-state index in [1.54, 1.807) is 0 Å². The molecule has 0 radical (unpaired) electrons. The van der Waals surface area contributed by atoms with Crippen molar-refractivity contribution < 1.29 is 0 Å². The zero-order valence-electron chi connectivity index (χ0n) is 11.4. The number of benzene rings is 1. The zero-order chi connectivity index (χ0) is 13.2. The predicted octanol–water partition coefficient (Wildman–Crippen LogP) is 1.20. The molecule has 0 amide bonds. The Labute approximate surface area is 113 Å². The Morgan fingerprint density at radius 2 is 2.00 bits per heavy atom. The van der Waals surface area contributed by atoms with E-state index in [9.17, 15) is 0 Å². The van der Waals surface area contributed by atoms with Crippen molar-refractivity contribution in [2.75, 3.05) is 31.1 Å². The first-order valence-electron chi connectivity index (χ1n) is 6.68. The molecule has 1 aromatic heterocycles. The smallest absolute Gasteiger partial charge is 0.224 e. The van der Waals surface area contributed by atoms with Crippen LogP contribution in [-0.4, -0.2) is 40.9 Å². The van der Waals surface area contributed by atoms with Gasteiger partial charge in [-0.1, -0.05) is 23.8 Å². The van der Waals surface area contributed by atoms with Gasteiger partial charge in [-0.25, -0.2) is 4.68 Å². The minimum absolute atomic E-state index is 0.805. The molecule has 100 valence electrons. The van der Waals surface area contributed by atoms with E-state index in [4.69, 9.17) is 4.98 Å². The van der Waals surface area contributed by atoms with Crippen LogP contribution in [0.1, 0.15) is 5.56 Å². The lowest BCUT2D eigenvalue weighted by Crippen LogP contribution is -2.44. The van der Waals surface area contributed by atoms with Gasteiger partial charge in [-0.05, 0) is 13.0 Å². The summed E-state index contributed by atoms with van der Waals surface area (Å²) >= 11 is 0. The molecule has 3 rings (SSSR count). The summed E-state index contributed by atoms with van der Waals surface area (Å²) in [7, 11) is 1.96. The number of anilines is 1. The highest BCUT2D eigenvalue weighted by atomic mass is 15.4. The lowest BCUT2D eigenvalue weighted by Gasteiger charge is -2.27. The van der Waals surface area contributed by atoms with Gasteiger partial charge in [0, 0.05) is 38.8 Å². The maximum absolute atomic E-state index is 4.69. The third kappa shape index (κ3) is 2.46. The Hall–Kier alpha value is -1.88. The van der Waals surface area contributed by atoms with Crippen molar-refractivity contribution in [3.63, 3.8) is 0 Å². The first-order valence-corrected chi connectivity index (χ1v) is 6.68. The predicted molar refractivity (Wildman–Crippen MR) is 76.3 cm³/mol. The lowest BCUT2D eigenvalue weighted by atomic mass is 10.1. The van der Waals surface area contributed by atoms with Crippen molar-refractivity contribution in [3.05, 3.63) is 29.8 Å². The molecule has 0 spiro atoms. The van der Waals surface area contributed by atoms with Crippen molar-refractivity contribution in [2.24, 2.45) is 7.05 Å². The molecule has 0 aliphatic carbocycles. The molecular weight excluding hydrogens is 238 g/mol. The highest BCUT2D eigenvalue weighted by Gasteiger charge is 2.17. The van der Waals surface area contributed by atoms with Crippen LogP contribution in [0.15, 0.2) is 24.3 Å². The van der Waals surface area contributed by atoms with Crippen LogP contribution >= 0.6 is 0 Å². The third-order valence-corrected chi connectivity index (χ3v) is 3.42. The summed E-state index contributed by atoms with van der Waals surface area (Å²) in [4.78, 5) is 6.98. The zero-order valence-corrected chi connectivity index (χ0v) is 11.4. The Kier molecular flexibility index (Phi) is 3.21. The van der Waals surface area contributed by atoms with Gasteiger partial charge in [-0.15, -0.1) is 5.10 Å². The van der Waals surface area contributed by atoms with Crippen LogP contribution in [0.3, 0.4) is 0 Å². The van der Waals surface area contributed by atoms with Gasteiger partial charge in [0.05, 0.1) is 0 Å². The highest BCUT2D eigenvalue weighted by Crippen LogP contribution is 2.20. The van der Waals surface area contributed by atoms with Gasteiger partial charge in [0.25, 0.3) is 0 Å². The van der Waals surface area contributed by atoms with Gasteiger partial charge >= 0.3 is 0 Å². The van der Waals surface area contributed by atoms with E-state index in [1.165, 1.54) is 5.56 Å². The van der Waals surface area contributed by atoms with E-state index in [0.717, 1.165) is 43.5 Å². The number of aryl methyl sites for hydroxylation is 2. The standard InChI is InChI=1S/C14H19N5/c1-11-4-3-5-12(10-11)13-16-14(18(2)17-13)19-8-6-15-7-9-19/h3-5,10,15H,6-9H2,1-2H3. The number of hydrogen-bond acceptors (Lipinski definition) is 4. The van der Waals surface area contributed by atoms with Crippen LogP contribution in [0, 0.1) is 6.92 Å². The van der Waals surface area contributed by atoms with Crippen LogP contribution < -0.4 is 10.2 Å². The highest BCUT2D eigenvalue weighted by molar-refractivity contribution is 5.57. The Morgan fingerprint density at radius 1 is 1.21 bits per heavy atom. The van der Waals surface area contributed by atoms with E-state index < -0.39 is 0 Å². The van der Waals surface area contributed by atoms with Crippen LogP contribution in [-0.2, 0) is 7.05 Å². The fraction of sp³-hybridized carbons (Fsp3) is 0.429. The number of rotatable bonds is 2. The van der Waals surface area contributed by atoms with Gasteiger partial charge in [0.15, 0.2) is 5.82 Å². The molecular formula is C14H19N5. The topological polar surface area (TPSA) is 46.0 Å². The van der Waals surface area contributed by atoms with Crippen LogP contribution in [0.25, 0.3) is 11.4 Å². The summed E-state index contributed by atoms with van der Waals surface area (Å²) in [6.07, 6.45) is 0. The maximum Gasteiger partial charge on any atom is 0.224 e. The molecule has 1 aliphatic heterocycles. The Balaban J connectivity index is 1.92. The fourth-order valence-electron chi connectivity index (χ4n) is 2.42. The monoisotopic (exact) mass is 257 g/mol. The van der Waals surface area contributed by atoms with Gasteiger partial charge in [-0.2, -0.15) is 4.98 Å². The Bertz CT molecular complexity index is 569. The molecule has 5 nitrogen and oxygen atoms in total. The average molecular weight is 257 g/mol. The molecule has 1 saturated heterocycles. The second-order valence-electron chi connectivity index (χ2n) is 4.97. The van der Waals surface area contributed by atoms with E-state index in [2.05, 4.69) is 40.4 Å². The second-order valence-corrected chi connectivity index (χ2v) is 4.97. The SMILES string of the molecule is Cc1cccc(-c2nc(N3CCNCC3)n(C)n2)c1. The third-order valence-electron chi connectivity index (χ3n) is 3.42. The molecule has 1 N–H and O–H groups in total. The molecule has 19 heavy (non-hydrogen) atoms. The van der Waals surface area contributed by atoms with E-state index in [1.807, 2.05) is 17.8 Å². The molecule has 0 unspecified atom stereocenters. The molecule has 1 aliphatic rings. The number of hydrogen-bond donors (Lipinski definition) is 1. The van der Waals surface area contributed by atoms with Crippen LogP contribution in [0.2, 0.25) is 0 Å². The first-order chi connectivity index (χ1) is 9.24. The van der Waals surface area contributed by atoms with Crippen molar-refractivity contribution in [3.8, 4) is 11.4 Å². The summed E-state index contributed by atoms with van der Waals surface area (Å²) < 4.78 is 1.88. The molecule has 0 atom stereocenters. The van der Waals surface area contributed by atoms with E-state index in [0.29, 0.717) is 0 Å². The van der Waals surface area contributed by atoms with Crippen molar-refractivity contribution in [2.45, 2.75) is 6.92 Å². The summed E-state index contributed by atoms with van der Waals surface area (Å²) in [5.41, 5.74) is 2.31. The van der Waals surface area contributed by atoms with Crippen LogP contribution in [0.4, 0.5) is 5.95 Å². The van der Waals surface area contributed by atoms with Gasteiger partial charge in [-0.3, -0.25) is 0 Å². The molecule has 5 heteroatoms. The van der Waals surface area contributed by atoms with Crippen LogP contribution in [0.5, 0.6) is 0 Å². The maximum atomic E-state index is 4.69. The summed E-state index contributed by atoms with van der Waals surface area (Å²) in [6, 6.07) is 8.32. The van der Waals surface area contributed by atoms with Crippen molar-refractivity contribution in [1.29, 1.82) is 0 Å².